The van der Waals surface area contributed by atoms with E-state index in [-0.39, 0.29) is 26.2 Å². The van der Waals surface area contributed by atoms with Crippen molar-refractivity contribution >= 4 is 12.0 Å². The molecular formula is C10H16F3N3O3. The zero-order chi connectivity index (χ0) is 14.6. The summed E-state index contributed by atoms with van der Waals surface area (Å²) in [6.45, 7) is 1.55. The van der Waals surface area contributed by atoms with Crippen LogP contribution >= 0.6 is 0 Å². The zero-order valence-corrected chi connectivity index (χ0v) is 10.4. The Morgan fingerprint density at radius 1 is 1.16 bits per heavy atom. The number of primary amides is 1. The first-order valence-electron chi connectivity index (χ1n) is 5.74. The second kappa shape index (κ2) is 6.60. The van der Waals surface area contributed by atoms with Gasteiger partial charge in [-0.25, -0.2) is 18.0 Å². The van der Waals surface area contributed by atoms with E-state index < -0.39 is 30.8 Å². The van der Waals surface area contributed by atoms with Crippen LogP contribution in [0.4, 0.5) is 18.0 Å². The lowest BCUT2D eigenvalue weighted by Crippen LogP contribution is -2.54. The average Bonchev–Trinajstić information content (AvgIpc) is 2.36. The van der Waals surface area contributed by atoms with Crippen LogP contribution in [0.5, 0.6) is 0 Å². The molecule has 2 N–H and O–H groups in total. The predicted octanol–water partition coefficient (Wildman–Crippen LogP) is 0.175. The number of hydrogen-bond acceptors (Lipinski definition) is 4. The number of ether oxygens (including phenoxy) is 1. The Morgan fingerprint density at radius 2 is 1.68 bits per heavy atom. The maximum atomic E-state index is 13.1. The molecule has 0 saturated carbocycles. The lowest BCUT2D eigenvalue weighted by Gasteiger charge is -2.36. The van der Waals surface area contributed by atoms with Crippen molar-refractivity contribution in [3.63, 3.8) is 0 Å². The first-order valence-corrected chi connectivity index (χ1v) is 5.74. The molecule has 2 atom stereocenters. The van der Waals surface area contributed by atoms with Gasteiger partial charge in [0.05, 0.1) is 0 Å². The van der Waals surface area contributed by atoms with Gasteiger partial charge in [0, 0.05) is 26.2 Å². The predicted molar refractivity (Wildman–Crippen MR) is 59.2 cm³/mol. The second-order valence-corrected chi connectivity index (χ2v) is 4.15. The van der Waals surface area contributed by atoms with Gasteiger partial charge in [0.25, 0.3) is 12.3 Å². The van der Waals surface area contributed by atoms with E-state index in [4.69, 9.17) is 5.73 Å². The molecule has 0 radical (unpaired) electrons. The molecule has 1 aliphatic rings. The van der Waals surface area contributed by atoms with Crippen LogP contribution in [0.2, 0.25) is 0 Å². The fraction of sp³-hybridized carbons (Fsp3) is 0.800. The minimum Gasteiger partial charge on any atom is -0.437 e. The highest BCUT2D eigenvalue weighted by Crippen LogP contribution is 2.14. The highest BCUT2D eigenvalue weighted by Gasteiger charge is 2.32. The largest absolute Gasteiger partial charge is 0.437 e. The van der Waals surface area contributed by atoms with Crippen LogP contribution < -0.4 is 5.73 Å². The van der Waals surface area contributed by atoms with E-state index in [0.29, 0.717) is 0 Å². The molecule has 1 rings (SSSR count). The van der Waals surface area contributed by atoms with E-state index in [0.717, 1.165) is 4.90 Å². The third kappa shape index (κ3) is 4.27. The molecule has 0 spiro atoms. The standard InChI is InChI=1S/C10H16F3N3O3/c1-6(19-10(14)18)9(17)16-4-2-15(3-5-16)8(13)7(11)12/h6-8H,2-5H2,1H3,(H2,14,18). The summed E-state index contributed by atoms with van der Waals surface area (Å²) >= 11 is 0. The molecule has 2 amide bonds. The number of rotatable bonds is 4. The minimum atomic E-state index is -3.07. The summed E-state index contributed by atoms with van der Waals surface area (Å²) in [4.78, 5) is 24.6. The van der Waals surface area contributed by atoms with E-state index in [1.165, 1.54) is 11.8 Å². The van der Waals surface area contributed by atoms with Crippen molar-refractivity contribution in [3.05, 3.63) is 0 Å². The first kappa shape index (κ1) is 15.5. The molecule has 1 heterocycles. The monoisotopic (exact) mass is 283 g/mol. The van der Waals surface area contributed by atoms with Gasteiger partial charge in [-0.05, 0) is 6.92 Å². The number of halogens is 3. The fourth-order valence-electron chi connectivity index (χ4n) is 1.83. The number of piperazine rings is 1. The van der Waals surface area contributed by atoms with Crippen LogP contribution in [-0.4, -0.2) is 66.8 Å². The third-order valence-electron chi connectivity index (χ3n) is 2.82. The molecule has 110 valence electrons. The van der Waals surface area contributed by atoms with E-state index in [9.17, 15) is 22.8 Å². The molecule has 1 aliphatic heterocycles. The number of carbonyl (C=O) groups excluding carboxylic acids is 2. The molecule has 2 unspecified atom stereocenters. The van der Waals surface area contributed by atoms with Gasteiger partial charge in [0.1, 0.15) is 0 Å². The first-order chi connectivity index (χ1) is 8.82. The van der Waals surface area contributed by atoms with Crippen molar-refractivity contribution in [1.29, 1.82) is 0 Å². The van der Waals surface area contributed by atoms with Crippen LogP contribution in [0.25, 0.3) is 0 Å². The van der Waals surface area contributed by atoms with Crippen molar-refractivity contribution in [2.75, 3.05) is 26.2 Å². The fourth-order valence-corrected chi connectivity index (χ4v) is 1.83. The molecule has 1 fully saturated rings. The van der Waals surface area contributed by atoms with Gasteiger partial charge in [0.2, 0.25) is 6.30 Å². The molecule has 6 nitrogen and oxygen atoms in total. The highest BCUT2D eigenvalue weighted by atomic mass is 19.3. The van der Waals surface area contributed by atoms with Gasteiger partial charge >= 0.3 is 6.09 Å². The van der Waals surface area contributed by atoms with Crippen LogP contribution in [0.15, 0.2) is 0 Å². The van der Waals surface area contributed by atoms with Crippen molar-refractivity contribution in [2.45, 2.75) is 25.7 Å². The van der Waals surface area contributed by atoms with Crippen molar-refractivity contribution < 1.29 is 27.5 Å². The lowest BCUT2D eigenvalue weighted by molar-refractivity contribution is -0.143. The molecule has 0 aromatic carbocycles. The molecule has 0 aromatic rings. The summed E-state index contributed by atoms with van der Waals surface area (Å²) in [5, 5.41) is 0. The van der Waals surface area contributed by atoms with Gasteiger partial charge in [-0.3, -0.25) is 9.69 Å². The van der Waals surface area contributed by atoms with Crippen molar-refractivity contribution in [1.82, 2.24) is 9.80 Å². The van der Waals surface area contributed by atoms with E-state index in [1.54, 1.807) is 0 Å². The number of hydrogen-bond donors (Lipinski definition) is 1. The normalized spacial score (nSPS) is 20.2. The van der Waals surface area contributed by atoms with E-state index >= 15 is 0 Å². The number of alkyl halides is 3. The summed E-state index contributed by atoms with van der Waals surface area (Å²) < 4.78 is 41.9. The van der Waals surface area contributed by atoms with Crippen molar-refractivity contribution in [2.24, 2.45) is 5.73 Å². The molecule has 1 saturated heterocycles. The van der Waals surface area contributed by atoms with Gasteiger partial charge in [0.15, 0.2) is 6.10 Å². The lowest BCUT2D eigenvalue weighted by atomic mass is 10.2. The number of nitrogens with zero attached hydrogens (tertiary/aromatic N) is 2. The molecule has 0 bridgehead atoms. The van der Waals surface area contributed by atoms with Crippen LogP contribution in [-0.2, 0) is 9.53 Å². The molecular weight excluding hydrogens is 267 g/mol. The quantitative estimate of drug-likeness (QED) is 0.747. The second-order valence-electron chi connectivity index (χ2n) is 4.15. The Labute approximate surface area is 108 Å². The van der Waals surface area contributed by atoms with Gasteiger partial charge in [-0.2, -0.15) is 0 Å². The van der Waals surface area contributed by atoms with Gasteiger partial charge in [-0.1, -0.05) is 0 Å². The molecule has 9 heteroatoms. The molecule has 19 heavy (non-hydrogen) atoms. The number of carbonyl (C=O) groups is 2. The Bertz CT molecular complexity index is 335. The smallest absolute Gasteiger partial charge is 0.405 e. The number of amides is 2. The topological polar surface area (TPSA) is 75.9 Å². The number of nitrogens with two attached hydrogens (primary N) is 1. The molecule has 0 aliphatic carbocycles. The zero-order valence-electron chi connectivity index (χ0n) is 10.4. The minimum absolute atomic E-state index is 0.000534. The highest BCUT2D eigenvalue weighted by molar-refractivity contribution is 5.83. The maximum Gasteiger partial charge on any atom is 0.405 e. The van der Waals surface area contributed by atoms with E-state index in [1.807, 2.05) is 0 Å². The third-order valence-corrected chi connectivity index (χ3v) is 2.82. The van der Waals surface area contributed by atoms with E-state index in [2.05, 4.69) is 4.74 Å². The van der Waals surface area contributed by atoms with Gasteiger partial charge in [-0.15, -0.1) is 0 Å². The summed E-state index contributed by atoms with van der Waals surface area (Å²) in [7, 11) is 0. The SMILES string of the molecule is CC(OC(N)=O)C(=O)N1CCN(C(F)C(F)F)CC1. The van der Waals surface area contributed by atoms with Gasteiger partial charge < -0.3 is 15.4 Å². The van der Waals surface area contributed by atoms with Crippen LogP contribution in [0.1, 0.15) is 6.92 Å². The Hall–Kier alpha value is -1.51. The Morgan fingerprint density at radius 3 is 2.11 bits per heavy atom. The summed E-state index contributed by atoms with van der Waals surface area (Å²) in [6.07, 6.45) is -7.50. The summed E-state index contributed by atoms with van der Waals surface area (Å²) in [5.41, 5.74) is 4.78. The van der Waals surface area contributed by atoms with Crippen LogP contribution in [0.3, 0.4) is 0 Å². The Balaban J connectivity index is 2.45. The summed E-state index contributed by atoms with van der Waals surface area (Å²) in [5.74, 6) is -0.481. The van der Waals surface area contributed by atoms with Crippen molar-refractivity contribution in [3.8, 4) is 0 Å². The van der Waals surface area contributed by atoms with Crippen LogP contribution in [0, 0.1) is 0 Å². The summed E-state index contributed by atoms with van der Waals surface area (Å²) in [6, 6.07) is 0. The Kier molecular flexibility index (Phi) is 5.40. The molecule has 0 aromatic heterocycles. The average molecular weight is 283 g/mol. The maximum absolute atomic E-state index is 13.1.